The molecular weight excluding hydrogens is 526 g/mol. The van der Waals surface area contributed by atoms with Gasteiger partial charge in [-0.05, 0) is 60.5 Å². The fraction of sp³-hybridized carbons (Fsp3) is 0.281. The van der Waals surface area contributed by atoms with Crippen LogP contribution in [-0.2, 0) is 19.1 Å². The van der Waals surface area contributed by atoms with Crippen molar-refractivity contribution in [3.05, 3.63) is 102 Å². The van der Waals surface area contributed by atoms with Crippen molar-refractivity contribution in [2.75, 3.05) is 20.7 Å². The van der Waals surface area contributed by atoms with Gasteiger partial charge in [0.2, 0.25) is 0 Å². The van der Waals surface area contributed by atoms with E-state index in [0.29, 0.717) is 5.75 Å². The van der Waals surface area contributed by atoms with Gasteiger partial charge in [-0.2, -0.15) is 0 Å². The quantitative estimate of drug-likeness (QED) is 0.147. The van der Waals surface area contributed by atoms with Gasteiger partial charge in [0.05, 0.1) is 12.8 Å². The lowest BCUT2D eigenvalue weighted by Crippen LogP contribution is -2.45. The van der Waals surface area contributed by atoms with Crippen LogP contribution in [0.3, 0.4) is 0 Å². The number of aliphatic carboxylic acids is 2. The molecule has 0 saturated heterocycles. The Morgan fingerprint density at radius 3 is 1.83 bits per heavy atom. The van der Waals surface area contributed by atoms with Gasteiger partial charge in [0, 0.05) is 0 Å². The van der Waals surface area contributed by atoms with Crippen LogP contribution in [-0.4, -0.2) is 70.7 Å². The summed E-state index contributed by atoms with van der Waals surface area (Å²) in [5.41, 5.74) is 2.77. The lowest BCUT2D eigenvalue weighted by atomic mass is 9.88. The van der Waals surface area contributed by atoms with Gasteiger partial charge in [-0.15, -0.1) is 0 Å². The molecule has 9 heteroatoms. The Morgan fingerprint density at radius 1 is 0.805 bits per heavy atom. The monoisotopic (exact) mass is 561 g/mol. The van der Waals surface area contributed by atoms with Crippen LogP contribution in [0.2, 0.25) is 0 Å². The highest BCUT2D eigenvalue weighted by molar-refractivity contribution is 5.98. The first-order chi connectivity index (χ1) is 19.5. The van der Waals surface area contributed by atoms with Crippen LogP contribution in [0.15, 0.2) is 84.9 Å². The van der Waals surface area contributed by atoms with Gasteiger partial charge in [0.1, 0.15) is 12.4 Å². The summed E-state index contributed by atoms with van der Waals surface area (Å²) in [6.45, 7) is 2.04. The first kappa shape index (κ1) is 31.1. The lowest BCUT2D eigenvalue weighted by molar-refractivity contribution is -0.177. The Hall–Kier alpha value is -4.47. The van der Waals surface area contributed by atoms with Crippen LogP contribution in [0.25, 0.3) is 11.1 Å². The smallest absolute Gasteiger partial charge is 0.336 e. The summed E-state index contributed by atoms with van der Waals surface area (Å²) in [6, 6.07) is 28.0. The predicted octanol–water partition coefficient (Wildman–Crippen LogP) is 4.55. The number of aliphatic hydroxyl groups is 1. The van der Waals surface area contributed by atoms with E-state index in [1.165, 1.54) is 5.57 Å². The van der Waals surface area contributed by atoms with E-state index in [-0.39, 0.29) is 6.61 Å². The molecule has 0 bridgehead atoms. The summed E-state index contributed by atoms with van der Waals surface area (Å²) < 4.78 is 11.2. The van der Waals surface area contributed by atoms with Crippen LogP contribution in [0, 0.1) is 0 Å². The normalized spacial score (nSPS) is 14.0. The summed E-state index contributed by atoms with van der Waals surface area (Å²) in [4.78, 5) is 36.3. The average molecular weight is 562 g/mol. The Labute approximate surface area is 239 Å². The maximum Gasteiger partial charge on any atom is 0.336 e. The second kappa shape index (κ2) is 14.2. The fourth-order valence-corrected chi connectivity index (χ4v) is 4.35. The highest BCUT2D eigenvalue weighted by atomic mass is 16.6. The first-order valence-corrected chi connectivity index (χ1v) is 13.1. The summed E-state index contributed by atoms with van der Waals surface area (Å²) in [5, 5.41) is 28.3. The number of benzene rings is 3. The van der Waals surface area contributed by atoms with Gasteiger partial charge < -0.3 is 24.8 Å². The largest absolute Gasteiger partial charge is 0.488 e. The van der Waals surface area contributed by atoms with Gasteiger partial charge in [-0.1, -0.05) is 79.7 Å². The highest BCUT2D eigenvalue weighted by Gasteiger charge is 2.42. The van der Waals surface area contributed by atoms with Crippen molar-refractivity contribution >= 4 is 29.1 Å². The summed E-state index contributed by atoms with van der Waals surface area (Å²) in [7, 11) is 3.27. The van der Waals surface area contributed by atoms with E-state index in [1.807, 2.05) is 60.7 Å². The van der Waals surface area contributed by atoms with Crippen LogP contribution >= 0.6 is 0 Å². The van der Waals surface area contributed by atoms with E-state index in [9.17, 15) is 24.6 Å². The summed E-state index contributed by atoms with van der Waals surface area (Å²) in [6.07, 6.45) is -2.26. The zero-order chi connectivity index (χ0) is 30.0. The molecule has 2 unspecified atom stereocenters. The molecule has 0 aromatic heterocycles. The van der Waals surface area contributed by atoms with Crippen molar-refractivity contribution in [3.63, 3.8) is 0 Å². The molecule has 9 nitrogen and oxygen atoms in total. The summed E-state index contributed by atoms with van der Waals surface area (Å²) in [5.74, 6) is -3.93. The Morgan fingerprint density at radius 2 is 1.34 bits per heavy atom. The van der Waals surface area contributed by atoms with E-state index < -0.39 is 42.6 Å². The molecule has 0 aliphatic rings. The molecule has 3 N–H and O–H groups in total. The molecule has 0 heterocycles. The number of nitrogens with zero attached hydrogens (tertiary/aromatic N) is 1. The molecule has 3 aromatic carbocycles. The molecule has 0 saturated carbocycles. The molecule has 41 heavy (non-hydrogen) atoms. The molecule has 0 fully saturated rings. The highest BCUT2D eigenvalue weighted by Crippen LogP contribution is 2.35. The van der Waals surface area contributed by atoms with Gasteiger partial charge in [-0.3, -0.25) is 14.5 Å². The van der Waals surface area contributed by atoms with Crippen LogP contribution in [0.5, 0.6) is 5.75 Å². The number of rotatable bonds is 14. The van der Waals surface area contributed by atoms with Crippen molar-refractivity contribution in [2.45, 2.75) is 38.0 Å². The van der Waals surface area contributed by atoms with E-state index >= 15 is 0 Å². The van der Waals surface area contributed by atoms with Crippen molar-refractivity contribution < 1.29 is 39.2 Å². The van der Waals surface area contributed by atoms with Crippen molar-refractivity contribution in [1.29, 1.82) is 0 Å². The molecule has 3 rings (SSSR count). The minimum atomic E-state index is -2.78. The second-order valence-corrected chi connectivity index (χ2v) is 9.77. The first-order valence-electron chi connectivity index (χ1n) is 13.1. The van der Waals surface area contributed by atoms with E-state index in [0.717, 1.165) is 28.7 Å². The number of allylic oxidation sites excluding steroid dienone is 1. The molecule has 0 radical (unpaired) electrons. The predicted molar refractivity (Wildman–Crippen MR) is 154 cm³/mol. The molecule has 0 amide bonds. The minimum absolute atomic E-state index is 0.0892. The number of carbonyl (C=O) groups excluding carboxylic acids is 1. The van der Waals surface area contributed by atoms with Gasteiger partial charge >= 0.3 is 17.9 Å². The minimum Gasteiger partial charge on any atom is -0.488 e. The van der Waals surface area contributed by atoms with E-state index in [4.69, 9.17) is 14.6 Å². The van der Waals surface area contributed by atoms with Crippen LogP contribution in [0.4, 0.5) is 0 Å². The molecule has 3 aromatic rings. The van der Waals surface area contributed by atoms with Gasteiger partial charge in [-0.25, -0.2) is 4.79 Å². The maximum atomic E-state index is 12.4. The lowest BCUT2D eigenvalue weighted by Gasteiger charge is -2.26. The number of likely N-dealkylation sites (N-methyl/N-ethyl adjacent to an activating group) is 1. The fourth-order valence-electron chi connectivity index (χ4n) is 4.35. The zero-order valence-corrected chi connectivity index (χ0v) is 23.3. The average Bonchev–Trinajstić information content (AvgIpc) is 2.94. The standard InChI is InChI=1S/C32H35NO8/c1-4-26(22-11-7-5-8-12-22)30(23-13-9-6-10-14-23)24-15-17-25(18-16-24)40-21-27(33(2)3)41-29(36)20-32(39,31(37)38)19-28(34)35/h5-18,27,39H,4,19-21H2,1-3H3,(H,34,35)(H,37,38)/b30-26-. The third kappa shape index (κ3) is 8.51. The van der Waals surface area contributed by atoms with Crippen molar-refractivity contribution in [1.82, 2.24) is 4.90 Å². The molecule has 0 aliphatic carbocycles. The third-order valence-electron chi connectivity index (χ3n) is 6.50. The number of hydrogen-bond acceptors (Lipinski definition) is 7. The second-order valence-electron chi connectivity index (χ2n) is 9.77. The number of carboxylic acid groups (broad SMARTS) is 2. The molecule has 216 valence electrons. The summed E-state index contributed by atoms with van der Waals surface area (Å²) >= 11 is 0. The number of ether oxygens (including phenoxy) is 2. The SMILES string of the molecule is CC/C(=C(\c1ccccc1)c1ccc(OCC(OC(=O)CC(O)(CC(=O)O)C(=O)O)N(C)C)cc1)c1ccccc1. The molecular formula is C32H35NO8. The Balaban J connectivity index is 1.78. The van der Waals surface area contributed by atoms with E-state index in [1.54, 1.807) is 19.0 Å². The van der Waals surface area contributed by atoms with Gasteiger partial charge in [0.15, 0.2) is 11.8 Å². The van der Waals surface area contributed by atoms with E-state index in [2.05, 4.69) is 31.2 Å². The van der Waals surface area contributed by atoms with Crippen LogP contribution < -0.4 is 4.74 Å². The number of carboxylic acids is 2. The molecule has 2 atom stereocenters. The number of carbonyl (C=O) groups is 3. The number of hydrogen-bond donors (Lipinski definition) is 3. The molecule has 0 spiro atoms. The number of esters is 1. The Bertz CT molecular complexity index is 1350. The zero-order valence-electron chi connectivity index (χ0n) is 23.3. The topological polar surface area (TPSA) is 134 Å². The van der Waals surface area contributed by atoms with Gasteiger partial charge in [0.25, 0.3) is 0 Å². The Kier molecular flexibility index (Phi) is 10.8. The van der Waals surface area contributed by atoms with Crippen LogP contribution in [0.1, 0.15) is 42.9 Å². The molecule has 0 aliphatic heterocycles. The van der Waals surface area contributed by atoms with Crippen molar-refractivity contribution in [3.8, 4) is 5.75 Å². The maximum absolute atomic E-state index is 12.4. The van der Waals surface area contributed by atoms with Crippen molar-refractivity contribution in [2.24, 2.45) is 0 Å². The third-order valence-corrected chi connectivity index (χ3v) is 6.50.